The number of methoxy groups -OCH3 is 3. The topological polar surface area (TPSA) is 250 Å². The fraction of sp³-hybridized carbons (Fsp3) is 0.222. The summed E-state index contributed by atoms with van der Waals surface area (Å²) in [6, 6.07) is 29.9. The quantitative estimate of drug-likeness (QED) is 0.0179. The van der Waals surface area contributed by atoms with Gasteiger partial charge in [0.15, 0.2) is 16.2 Å². The molecule has 41 rings (SSSR count). The first-order chi connectivity index (χ1) is 63.6. The number of hydrogen-bond donors (Lipinski definition) is 0. The number of benzene rings is 17. The van der Waals surface area contributed by atoms with Gasteiger partial charge in [0.2, 0.25) is 0 Å². The number of hydrogen-bond acceptors (Lipinski definition) is 18. The molecule has 3 fully saturated rings. The van der Waals surface area contributed by atoms with Gasteiger partial charge in [-0.3, -0.25) is 42.8 Å². The Bertz CT molecular complexity index is 9430. The maximum absolute atomic E-state index is 18.4. The Hall–Kier alpha value is -15.1. The lowest BCUT2D eigenvalue weighted by Crippen LogP contribution is -2.39. The third kappa shape index (κ3) is 4.41. The van der Waals surface area contributed by atoms with Crippen LogP contribution in [0.25, 0.3) is 261 Å². The molecule has 129 heavy (non-hydrogen) atoms. The minimum absolute atomic E-state index is 0.0481. The van der Waals surface area contributed by atoms with Crippen molar-refractivity contribution in [3.8, 4) is 67.2 Å². The molecule has 0 radical (unpaired) electrons. The minimum atomic E-state index is -2.22. The van der Waals surface area contributed by atoms with Gasteiger partial charge < -0.3 is 28.4 Å². The number of nitrogens with zero attached hydrogens (tertiary/aromatic N) is 9. The average Bonchev–Trinajstić information content (AvgIpc) is 1.33. The first kappa shape index (κ1) is 62.1. The van der Waals surface area contributed by atoms with E-state index >= 15 is 28.8 Å². The highest BCUT2D eigenvalue weighted by Gasteiger charge is 3.10. The van der Waals surface area contributed by atoms with Crippen LogP contribution in [-0.4, -0.2) is 122 Å². The number of aromatic nitrogens is 9. The number of carbonyl (C=O) groups excluding carboxylic acids is 6. The summed E-state index contributed by atoms with van der Waals surface area (Å²) in [5.41, 5.74) is 3.63. The van der Waals surface area contributed by atoms with Crippen molar-refractivity contribution in [2.45, 2.75) is 90.6 Å². The molecular weight excluding hydrogens is 1620 g/mol. The van der Waals surface area contributed by atoms with Gasteiger partial charge in [0.1, 0.15) is 17.1 Å². The molecule has 0 saturated heterocycles. The molecule has 0 N–H and O–H groups in total. The highest BCUT2D eigenvalue weighted by Crippen LogP contribution is 3.07. The Balaban J connectivity index is 0.655. The van der Waals surface area contributed by atoms with Gasteiger partial charge in [0, 0.05) is 36.3 Å². The van der Waals surface area contributed by atoms with Gasteiger partial charge in [-0.15, -0.1) is 15.3 Å². The van der Waals surface area contributed by atoms with Crippen molar-refractivity contribution in [1.29, 1.82) is 0 Å². The van der Waals surface area contributed by atoms with E-state index in [0.717, 1.165) is 247 Å². The Morgan fingerprint density at radius 2 is 0.434 bits per heavy atom. The lowest BCUT2D eigenvalue weighted by atomic mass is 9.65. The second kappa shape index (κ2) is 17.0. The summed E-state index contributed by atoms with van der Waals surface area (Å²) < 4.78 is 47.6. The monoisotopic (exact) mass is 1670 g/mol. The summed E-state index contributed by atoms with van der Waals surface area (Å²) in [7, 11) is 4.31. The normalized spacial score (nSPS) is 26.2. The van der Waals surface area contributed by atoms with Crippen molar-refractivity contribution in [3.63, 3.8) is 0 Å². The molecule has 21 nitrogen and oxygen atoms in total. The van der Waals surface area contributed by atoms with Crippen molar-refractivity contribution >= 4 is 230 Å². The number of carbonyl (C=O) groups is 6. The Kier molecular flexibility index (Phi) is 8.21. The Morgan fingerprint density at radius 1 is 0.240 bits per heavy atom. The van der Waals surface area contributed by atoms with Gasteiger partial charge in [-0.2, -0.15) is 0 Å². The zero-order chi connectivity index (χ0) is 83.0. The van der Waals surface area contributed by atoms with E-state index in [4.69, 9.17) is 28.4 Å². The zero-order valence-electron chi connectivity index (χ0n) is 68.3. The lowest BCUT2D eigenvalue weighted by molar-refractivity contribution is -0.166. The van der Waals surface area contributed by atoms with E-state index in [1.807, 2.05) is 124 Å². The third-order valence-electron chi connectivity index (χ3n) is 38.4. The molecule has 0 amide bonds. The largest absolute Gasteiger partial charge is 0.468 e. The van der Waals surface area contributed by atoms with Gasteiger partial charge >= 0.3 is 35.8 Å². The summed E-state index contributed by atoms with van der Waals surface area (Å²) in [6.45, 7) is 1.30. The van der Waals surface area contributed by atoms with E-state index in [1.165, 1.54) is 102 Å². The van der Waals surface area contributed by atoms with E-state index in [2.05, 4.69) is 30.9 Å². The molecule has 0 aliphatic heterocycles. The van der Waals surface area contributed by atoms with Gasteiger partial charge in [0.05, 0.1) is 92.2 Å². The molecule has 600 valence electrons. The smallest absolute Gasteiger partial charge is 0.326 e. The van der Waals surface area contributed by atoms with Crippen LogP contribution in [0.2, 0.25) is 0 Å². The van der Waals surface area contributed by atoms with Crippen LogP contribution in [0.1, 0.15) is 105 Å². The van der Waals surface area contributed by atoms with Crippen molar-refractivity contribution < 1.29 is 57.2 Å². The van der Waals surface area contributed by atoms with Crippen molar-refractivity contribution in [1.82, 2.24) is 45.0 Å². The highest BCUT2D eigenvalue weighted by atomic mass is 16.6. The molecule has 21 heteroatoms. The highest BCUT2D eigenvalue weighted by molar-refractivity contribution is 6.76. The second-order valence-electron chi connectivity index (χ2n) is 40.7. The molecule has 0 bridgehead atoms. The summed E-state index contributed by atoms with van der Waals surface area (Å²) in [5, 5.41) is 67.9. The van der Waals surface area contributed by atoms with Crippen LogP contribution < -0.4 is 0 Å². The van der Waals surface area contributed by atoms with Gasteiger partial charge in [-0.25, -0.2) is 0 Å². The van der Waals surface area contributed by atoms with Crippen LogP contribution in [0, 0.1) is 16.2 Å². The van der Waals surface area contributed by atoms with Crippen molar-refractivity contribution in [3.05, 3.63) is 176 Å². The van der Waals surface area contributed by atoms with Crippen LogP contribution in [0.5, 0.6) is 0 Å². The summed E-state index contributed by atoms with van der Waals surface area (Å²) >= 11 is 0. The van der Waals surface area contributed by atoms with Crippen LogP contribution in [0.15, 0.2) is 110 Å². The molecule has 6 spiro atoms. The number of aryl methyl sites for hydroxylation is 3. The fourth-order valence-corrected chi connectivity index (χ4v) is 36.6. The lowest BCUT2D eigenvalue weighted by Gasteiger charge is -2.35. The summed E-state index contributed by atoms with van der Waals surface area (Å²) in [4.78, 5) is 109. The first-order valence-corrected chi connectivity index (χ1v) is 45.5. The SMILES string of the molecule is COC(=O)C1(C(=O)OCCCCn2cc(-c3ccccc3)nn2)C23c4c5c6c7c8c4-c4c2c2c9c%10c%11c%12c(c-5c5c%13c%14c%15c%16c%17c(c-7c7c%18c%19c%20c%21c(c4C%204C(C(=O)OC)(C(=O)OCCCCn%20cc(-c%22ccccc%22)nn%20)C874)c2c2c9c4c%11c7c(c%13%12)c%14c8c%16c9c(c%18%17)c%19c%11c%21c2c2c4c7c8c9c%112)C%152C(C(=O)OC)(C(=O)OCCCCn4cc(-c7ccccc7)nn4)C652)C%1013. The third-order valence-corrected chi connectivity index (χ3v) is 38.4. The molecule has 3 heterocycles. The fourth-order valence-electron chi connectivity index (χ4n) is 36.6. The summed E-state index contributed by atoms with van der Waals surface area (Å²) in [5.74, 6) is -4.17. The standard InChI is InChI=1S/C108H51N9O12/c1-124-94(118)106(97(121)127-28-16-13-25-115-31-37(109-112-115)34-19-7-4-8-20-34)100-82-64-55-46-40-43-41-45-42-44(40)50-57-48(42)54-60-51(45)56-47(41)52-58(49(43)55)67(82)73-62(52)71-65(56)83-69(60)75-63(54)72-66(57)84-68-59(50)53(46)61-70(64)85(100)76-79-91-80-77(88(73)103(91,100)106)86(71)101(83)105(107(101,95(119)125-2)98(122)128-29-17-14-26-116-32-38(110-113-116)35-21-9-5-10-22-35)90(75)78-81(93(80)105)92(79)104(89(76)74(61)68)102(84,87(72)78)108(104,96(120)126-3)99(123)129-30-18-15-27-117-33-39(111-114-117)36-23-11-6-12-24-36/h4-12,19-24,31-33H,13-18,25-30H2,1-3H3. The van der Waals surface area contributed by atoms with Gasteiger partial charge in [0.25, 0.3) is 0 Å². The summed E-state index contributed by atoms with van der Waals surface area (Å²) in [6.07, 6.45) is 8.72. The van der Waals surface area contributed by atoms with Crippen LogP contribution >= 0.6 is 0 Å². The van der Waals surface area contributed by atoms with Gasteiger partial charge in [-0.05, 0) is 333 Å². The molecule has 23 aromatic carbocycles. The van der Waals surface area contributed by atoms with Crippen molar-refractivity contribution in [2.75, 3.05) is 41.2 Å². The maximum Gasteiger partial charge on any atom is 0.326 e. The van der Waals surface area contributed by atoms with Gasteiger partial charge in [-0.1, -0.05) is 107 Å². The molecule has 9 atom stereocenters. The number of rotatable bonds is 24. The van der Waals surface area contributed by atoms with E-state index in [-0.39, 0.29) is 19.8 Å². The Labute approximate surface area is 719 Å². The first-order valence-electron chi connectivity index (χ1n) is 45.5. The van der Waals surface area contributed by atoms with E-state index in [0.29, 0.717) is 58.2 Å². The van der Waals surface area contributed by atoms with Crippen LogP contribution in [0.4, 0.5) is 0 Å². The number of esters is 6. The predicted molar refractivity (Wildman–Crippen MR) is 478 cm³/mol. The molecule has 15 aliphatic rings. The van der Waals surface area contributed by atoms with Crippen LogP contribution in [-0.2, 0) is 109 Å². The van der Waals surface area contributed by atoms with Crippen LogP contribution in [0.3, 0.4) is 0 Å². The molecule has 26 aromatic rings. The Morgan fingerprint density at radius 3 is 0.659 bits per heavy atom. The van der Waals surface area contributed by atoms with E-state index in [9.17, 15) is 0 Å². The second-order valence-corrected chi connectivity index (χ2v) is 40.7. The minimum Gasteiger partial charge on any atom is -0.468 e. The number of ether oxygens (including phenoxy) is 6. The molecule has 15 aliphatic carbocycles. The molecule has 3 aromatic heterocycles. The molecule has 3 saturated carbocycles. The maximum atomic E-state index is 18.4. The molecule has 9 unspecified atom stereocenters. The number of unbranched alkanes of at least 4 members (excludes halogenated alkanes) is 3. The van der Waals surface area contributed by atoms with E-state index in [1.54, 1.807) is 0 Å². The van der Waals surface area contributed by atoms with E-state index < -0.39 is 84.6 Å². The molecular formula is C108H51N9O12. The van der Waals surface area contributed by atoms with Crippen molar-refractivity contribution in [2.24, 2.45) is 16.2 Å². The predicted octanol–water partition coefficient (Wildman–Crippen LogP) is 17.6. The zero-order valence-corrected chi connectivity index (χ0v) is 68.3. The average molecular weight is 1670 g/mol.